The van der Waals surface area contributed by atoms with E-state index in [1.165, 1.54) is 12.1 Å². The van der Waals surface area contributed by atoms with E-state index in [2.05, 4.69) is 10.6 Å². The standard InChI is InChI=1S/C14H19FN2O4S/c15-11-1-3-13(4-2-11)22(19,20)8-6-17-14(18)9-12-10-16-5-7-21-12/h1-4,12,16H,5-10H2,(H,17,18)/t12-/m1/s1. The van der Waals surface area contributed by atoms with E-state index < -0.39 is 15.7 Å². The van der Waals surface area contributed by atoms with Crippen LogP contribution in [0.5, 0.6) is 0 Å². The molecule has 22 heavy (non-hydrogen) atoms. The maximum absolute atomic E-state index is 12.8. The zero-order valence-electron chi connectivity index (χ0n) is 12.0. The van der Waals surface area contributed by atoms with E-state index in [1.54, 1.807) is 0 Å². The van der Waals surface area contributed by atoms with Crippen LogP contribution < -0.4 is 10.6 Å². The van der Waals surface area contributed by atoms with Crippen LogP contribution in [0.3, 0.4) is 0 Å². The summed E-state index contributed by atoms with van der Waals surface area (Å²) < 4.78 is 42.2. The van der Waals surface area contributed by atoms with Gasteiger partial charge in [-0.1, -0.05) is 0 Å². The van der Waals surface area contributed by atoms with E-state index >= 15 is 0 Å². The van der Waals surface area contributed by atoms with Crippen molar-refractivity contribution in [3.05, 3.63) is 30.1 Å². The predicted octanol–water partition coefficient (Wildman–Crippen LogP) is 0.0941. The molecule has 2 rings (SSSR count). The summed E-state index contributed by atoms with van der Waals surface area (Å²) >= 11 is 0. The molecule has 1 heterocycles. The number of nitrogens with one attached hydrogen (secondary N) is 2. The highest BCUT2D eigenvalue weighted by atomic mass is 32.2. The van der Waals surface area contributed by atoms with Gasteiger partial charge < -0.3 is 15.4 Å². The molecule has 0 aromatic heterocycles. The normalized spacial score (nSPS) is 18.9. The minimum absolute atomic E-state index is 0.0126. The summed E-state index contributed by atoms with van der Waals surface area (Å²) in [6, 6.07) is 4.62. The van der Waals surface area contributed by atoms with Crippen molar-refractivity contribution in [1.29, 1.82) is 0 Å². The van der Waals surface area contributed by atoms with Crippen LogP contribution in [0.4, 0.5) is 4.39 Å². The summed E-state index contributed by atoms with van der Waals surface area (Å²) in [5.41, 5.74) is 0. The third kappa shape index (κ3) is 5.04. The van der Waals surface area contributed by atoms with Gasteiger partial charge >= 0.3 is 0 Å². The number of halogens is 1. The van der Waals surface area contributed by atoms with Gasteiger partial charge in [-0.15, -0.1) is 0 Å². The first-order chi connectivity index (χ1) is 10.5. The van der Waals surface area contributed by atoms with E-state index in [-0.39, 0.29) is 35.6 Å². The van der Waals surface area contributed by atoms with Gasteiger partial charge in [-0.25, -0.2) is 12.8 Å². The number of benzene rings is 1. The molecular formula is C14H19FN2O4S. The number of hydrogen-bond acceptors (Lipinski definition) is 5. The van der Waals surface area contributed by atoms with Crippen LogP contribution >= 0.6 is 0 Å². The molecule has 0 unspecified atom stereocenters. The first kappa shape index (κ1) is 16.9. The lowest BCUT2D eigenvalue weighted by molar-refractivity contribution is -0.124. The Morgan fingerprint density at radius 2 is 2.09 bits per heavy atom. The van der Waals surface area contributed by atoms with Crippen LogP contribution in [0.15, 0.2) is 29.2 Å². The van der Waals surface area contributed by atoms with Crippen LogP contribution in [0, 0.1) is 5.82 Å². The summed E-state index contributed by atoms with van der Waals surface area (Å²) in [5.74, 6) is -0.968. The fourth-order valence-corrected chi connectivity index (χ4v) is 3.27. The monoisotopic (exact) mass is 330 g/mol. The Morgan fingerprint density at radius 1 is 1.36 bits per heavy atom. The minimum atomic E-state index is -3.53. The Labute approximate surface area is 129 Å². The summed E-state index contributed by atoms with van der Waals surface area (Å²) in [6.45, 7) is 1.96. The highest BCUT2D eigenvalue weighted by molar-refractivity contribution is 7.91. The Balaban J connectivity index is 1.77. The number of sulfone groups is 1. The van der Waals surface area contributed by atoms with Crippen LogP contribution in [0.1, 0.15) is 6.42 Å². The number of carbonyl (C=O) groups is 1. The molecule has 1 fully saturated rings. The zero-order valence-corrected chi connectivity index (χ0v) is 12.9. The largest absolute Gasteiger partial charge is 0.375 e. The summed E-state index contributed by atoms with van der Waals surface area (Å²) in [4.78, 5) is 11.8. The van der Waals surface area contributed by atoms with E-state index in [4.69, 9.17) is 4.74 Å². The Hall–Kier alpha value is -1.51. The van der Waals surface area contributed by atoms with Crippen molar-refractivity contribution in [3.63, 3.8) is 0 Å². The topological polar surface area (TPSA) is 84.5 Å². The predicted molar refractivity (Wildman–Crippen MR) is 78.7 cm³/mol. The molecule has 0 spiro atoms. The maximum atomic E-state index is 12.8. The Morgan fingerprint density at radius 3 is 2.73 bits per heavy atom. The van der Waals surface area contributed by atoms with Gasteiger partial charge in [0.2, 0.25) is 5.91 Å². The lowest BCUT2D eigenvalue weighted by atomic mass is 10.2. The van der Waals surface area contributed by atoms with Crippen LogP contribution in [0.25, 0.3) is 0 Å². The minimum Gasteiger partial charge on any atom is -0.375 e. The van der Waals surface area contributed by atoms with Gasteiger partial charge in [0, 0.05) is 19.6 Å². The molecule has 1 aliphatic rings. The van der Waals surface area contributed by atoms with Gasteiger partial charge in [0.25, 0.3) is 0 Å². The van der Waals surface area contributed by atoms with Crippen LogP contribution in [-0.4, -0.2) is 52.4 Å². The average Bonchev–Trinajstić information content (AvgIpc) is 2.48. The molecule has 0 aliphatic carbocycles. The number of ether oxygens (including phenoxy) is 1. The fraction of sp³-hybridized carbons (Fsp3) is 0.500. The molecule has 6 nitrogen and oxygen atoms in total. The van der Waals surface area contributed by atoms with Crippen molar-refractivity contribution in [1.82, 2.24) is 10.6 Å². The average molecular weight is 330 g/mol. The highest BCUT2D eigenvalue weighted by Crippen LogP contribution is 2.11. The molecule has 0 radical (unpaired) electrons. The zero-order chi connectivity index (χ0) is 16.0. The van der Waals surface area contributed by atoms with E-state index in [1.807, 2.05) is 0 Å². The number of rotatable bonds is 6. The highest BCUT2D eigenvalue weighted by Gasteiger charge is 2.18. The molecule has 8 heteroatoms. The number of carbonyl (C=O) groups excluding carboxylic acids is 1. The third-order valence-corrected chi connectivity index (χ3v) is 5.02. The molecule has 0 saturated carbocycles. The van der Waals surface area contributed by atoms with Gasteiger partial charge in [0.05, 0.1) is 29.8 Å². The second-order valence-electron chi connectivity index (χ2n) is 5.02. The molecular weight excluding hydrogens is 311 g/mol. The van der Waals surface area contributed by atoms with Crippen LogP contribution in [-0.2, 0) is 19.4 Å². The summed E-state index contributed by atoms with van der Waals surface area (Å²) in [7, 11) is -3.53. The molecule has 0 bridgehead atoms. The number of hydrogen-bond donors (Lipinski definition) is 2. The van der Waals surface area contributed by atoms with Crippen molar-refractivity contribution in [2.75, 3.05) is 32.0 Å². The molecule has 122 valence electrons. The van der Waals surface area contributed by atoms with Gasteiger partial charge in [-0.3, -0.25) is 4.79 Å². The fourth-order valence-electron chi connectivity index (χ4n) is 2.11. The molecule has 1 aromatic rings. The lowest BCUT2D eigenvalue weighted by Crippen LogP contribution is -2.42. The quantitative estimate of drug-likeness (QED) is 0.723. The van der Waals surface area contributed by atoms with Crippen molar-refractivity contribution < 1.29 is 22.3 Å². The maximum Gasteiger partial charge on any atom is 0.222 e. The smallest absolute Gasteiger partial charge is 0.222 e. The van der Waals surface area contributed by atoms with E-state index in [9.17, 15) is 17.6 Å². The second kappa shape index (κ2) is 7.66. The number of amides is 1. The Kier molecular flexibility index (Phi) is 5.87. The van der Waals surface area contributed by atoms with Crippen LogP contribution in [0.2, 0.25) is 0 Å². The van der Waals surface area contributed by atoms with E-state index in [0.717, 1.165) is 18.7 Å². The van der Waals surface area contributed by atoms with Crippen molar-refractivity contribution in [3.8, 4) is 0 Å². The first-order valence-corrected chi connectivity index (χ1v) is 8.70. The molecule has 1 saturated heterocycles. The van der Waals surface area contributed by atoms with Gasteiger partial charge in [-0.05, 0) is 24.3 Å². The van der Waals surface area contributed by atoms with Gasteiger partial charge in [0.15, 0.2) is 9.84 Å². The molecule has 1 aromatic carbocycles. The van der Waals surface area contributed by atoms with E-state index in [0.29, 0.717) is 13.2 Å². The molecule has 1 atom stereocenters. The SMILES string of the molecule is O=C(C[C@@H]1CNCCO1)NCCS(=O)(=O)c1ccc(F)cc1. The first-order valence-electron chi connectivity index (χ1n) is 7.05. The van der Waals surface area contributed by atoms with Gasteiger partial charge in [-0.2, -0.15) is 0 Å². The lowest BCUT2D eigenvalue weighted by Gasteiger charge is -2.23. The molecule has 2 N–H and O–H groups in total. The Bertz CT molecular complexity index is 598. The third-order valence-electron chi connectivity index (χ3n) is 3.28. The molecule has 1 amide bonds. The summed E-state index contributed by atoms with van der Waals surface area (Å²) in [6.07, 6.45) is 0.0197. The molecule has 1 aliphatic heterocycles. The number of morpholine rings is 1. The summed E-state index contributed by atoms with van der Waals surface area (Å²) in [5, 5.41) is 5.68. The van der Waals surface area contributed by atoms with Crippen molar-refractivity contribution >= 4 is 15.7 Å². The van der Waals surface area contributed by atoms with Gasteiger partial charge in [0.1, 0.15) is 5.82 Å². The van der Waals surface area contributed by atoms with Crippen molar-refractivity contribution in [2.24, 2.45) is 0 Å². The second-order valence-corrected chi connectivity index (χ2v) is 7.13. The van der Waals surface area contributed by atoms with Crippen molar-refractivity contribution in [2.45, 2.75) is 17.4 Å².